The zero-order chi connectivity index (χ0) is 21.1. The summed E-state index contributed by atoms with van der Waals surface area (Å²) in [6, 6.07) is 11.6. The Morgan fingerprint density at radius 1 is 1.20 bits per heavy atom. The van der Waals surface area contributed by atoms with Crippen LogP contribution in [0.2, 0.25) is 0 Å². The zero-order valence-electron chi connectivity index (χ0n) is 16.2. The molecule has 0 aliphatic heterocycles. The van der Waals surface area contributed by atoms with E-state index in [1.165, 1.54) is 22.9 Å². The van der Waals surface area contributed by atoms with E-state index in [0.29, 0.717) is 17.1 Å². The maximum absolute atomic E-state index is 14.2. The van der Waals surface area contributed by atoms with E-state index in [-0.39, 0.29) is 11.6 Å². The molecule has 10 heteroatoms. The molecule has 152 valence electrons. The first-order valence-electron chi connectivity index (χ1n) is 9.00. The van der Waals surface area contributed by atoms with Crippen molar-refractivity contribution in [3.63, 3.8) is 0 Å². The summed E-state index contributed by atoms with van der Waals surface area (Å²) in [5.41, 5.74) is 3.25. The van der Waals surface area contributed by atoms with Crippen molar-refractivity contribution < 1.29 is 9.18 Å². The van der Waals surface area contributed by atoms with Gasteiger partial charge in [0.25, 0.3) is 5.91 Å². The van der Waals surface area contributed by atoms with Crippen molar-refractivity contribution in [3.8, 4) is 5.69 Å². The lowest BCUT2D eigenvalue weighted by atomic mass is 10.1. The standard InChI is InChI=1S/C20H17FN6OS2/c1-12-10-29-20(22-12)30-11-14-3-5-15(6-4-14)19(28)23-16-7-8-17(21)18(9-16)27-13(2)24-25-26-27/h3-10H,11H2,1-2H3,(H,23,28). The van der Waals surface area contributed by atoms with Gasteiger partial charge in [0.1, 0.15) is 15.8 Å². The van der Waals surface area contributed by atoms with E-state index in [2.05, 4.69) is 25.8 Å². The lowest BCUT2D eigenvalue weighted by Gasteiger charge is -2.09. The summed E-state index contributed by atoms with van der Waals surface area (Å²) >= 11 is 3.29. The number of amides is 1. The summed E-state index contributed by atoms with van der Waals surface area (Å²) in [6.07, 6.45) is 0. The highest BCUT2D eigenvalue weighted by atomic mass is 32.2. The van der Waals surface area contributed by atoms with Gasteiger partial charge in [0.15, 0.2) is 5.82 Å². The molecule has 0 fully saturated rings. The highest BCUT2D eigenvalue weighted by molar-refractivity contribution is 8.00. The topological polar surface area (TPSA) is 85.6 Å². The highest BCUT2D eigenvalue weighted by Crippen LogP contribution is 2.26. The number of hydrogen-bond acceptors (Lipinski definition) is 7. The Bertz CT molecular complexity index is 1190. The van der Waals surface area contributed by atoms with E-state index in [9.17, 15) is 9.18 Å². The summed E-state index contributed by atoms with van der Waals surface area (Å²) < 4.78 is 16.5. The number of carbonyl (C=O) groups is 1. The number of carbonyl (C=O) groups excluding carboxylic acids is 1. The monoisotopic (exact) mass is 440 g/mol. The summed E-state index contributed by atoms with van der Waals surface area (Å²) in [6.45, 7) is 3.64. The zero-order valence-corrected chi connectivity index (χ0v) is 17.8. The number of thiazole rings is 1. The summed E-state index contributed by atoms with van der Waals surface area (Å²) in [5.74, 6) is 0.455. The van der Waals surface area contributed by atoms with Crippen molar-refractivity contribution >= 4 is 34.7 Å². The van der Waals surface area contributed by atoms with Gasteiger partial charge in [0.2, 0.25) is 0 Å². The first-order chi connectivity index (χ1) is 14.5. The predicted molar refractivity (Wildman–Crippen MR) is 115 cm³/mol. The Morgan fingerprint density at radius 2 is 2.00 bits per heavy atom. The average Bonchev–Trinajstić information content (AvgIpc) is 3.36. The molecule has 2 aromatic carbocycles. The normalized spacial score (nSPS) is 10.9. The van der Waals surface area contributed by atoms with Crippen molar-refractivity contribution in [3.05, 3.63) is 76.3 Å². The van der Waals surface area contributed by atoms with E-state index < -0.39 is 5.82 Å². The Labute approximate surface area is 180 Å². The van der Waals surface area contributed by atoms with Crippen LogP contribution in [0.5, 0.6) is 0 Å². The van der Waals surface area contributed by atoms with Crippen LogP contribution in [0, 0.1) is 19.7 Å². The van der Waals surface area contributed by atoms with Crippen LogP contribution in [0.1, 0.15) is 27.4 Å². The first kappa shape index (κ1) is 20.2. The van der Waals surface area contributed by atoms with E-state index >= 15 is 0 Å². The number of aryl methyl sites for hydroxylation is 2. The summed E-state index contributed by atoms with van der Waals surface area (Å²) in [5, 5.41) is 15.9. The van der Waals surface area contributed by atoms with Gasteiger partial charge in [-0.1, -0.05) is 23.9 Å². The minimum absolute atomic E-state index is 0.167. The third-order valence-corrected chi connectivity index (χ3v) is 6.44. The van der Waals surface area contributed by atoms with Gasteiger partial charge in [-0.05, 0) is 60.2 Å². The van der Waals surface area contributed by atoms with E-state index in [4.69, 9.17) is 0 Å². The Kier molecular flexibility index (Phi) is 5.86. The van der Waals surface area contributed by atoms with Gasteiger partial charge in [-0.2, -0.15) is 4.68 Å². The number of anilines is 1. The number of benzene rings is 2. The second-order valence-electron chi connectivity index (χ2n) is 6.50. The molecule has 0 unspecified atom stereocenters. The fourth-order valence-corrected chi connectivity index (χ4v) is 4.51. The van der Waals surface area contributed by atoms with Crippen LogP contribution >= 0.6 is 23.1 Å². The quantitative estimate of drug-likeness (QED) is 0.447. The Hall–Kier alpha value is -3.11. The van der Waals surface area contributed by atoms with Crippen molar-refractivity contribution in [2.75, 3.05) is 5.32 Å². The van der Waals surface area contributed by atoms with Gasteiger partial charge in [0, 0.05) is 28.1 Å². The second-order valence-corrected chi connectivity index (χ2v) is 8.58. The SMILES string of the molecule is Cc1csc(SCc2ccc(C(=O)Nc3ccc(F)c(-n4nnnc4C)c3)cc2)n1. The molecule has 0 radical (unpaired) electrons. The average molecular weight is 441 g/mol. The molecule has 4 aromatic rings. The van der Waals surface area contributed by atoms with Crippen LogP contribution in [0.25, 0.3) is 5.69 Å². The van der Waals surface area contributed by atoms with Gasteiger partial charge >= 0.3 is 0 Å². The van der Waals surface area contributed by atoms with Crippen LogP contribution in [0.3, 0.4) is 0 Å². The van der Waals surface area contributed by atoms with Gasteiger partial charge in [-0.15, -0.1) is 16.4 Å². The molecular formula is C20H17FN6OS2. The Morgan fingerprint density at radius 3 is 2.67 bits per heavy atom. The van der Waals surface area contributed by atoms with E-state index in [0.717, 1.165) is 21.3 Å². The van der Waals surface area contributed by atoms with Crippen LogP contribution in [0.4, 0.5) is 10.1 Å². The molecule has 1 N–H and O–H groups in total. The lowest BCUT2D eigenvalue weighted by Crippen LogP contribution is -2.13. The number of hydrogen-bond donors (Lipinski definition) is 1. The molecule has 4 rings (SSSR count). The maximum atomic E-state index is 14.2. The number of nitrogens with zero attached hydrogens (tertiary/aromatic N) is 5. The molecule has 2 aromatic heterocycles. The number of thioether (sulfide) groups is 1. The summed E-state index contributed by atoms with van der Waals surface area (Å²) in [4.78, 5) is 17.0. The van der Waals surface area contributed by atoms with Crippen LogP contribution < -0.4 is 5.32 Å². The molecule has 0 saturated carbocycles. The molecule has 2 heterocycles. The van der Waals surface area contributed by atoms with Crippen LogP contribution in [-0.2, 0) is 5.75 Å². The van der Waals surface area contributed by atoms with Crippen molar-refractivity contribution in [1.29, 1.82) is 0 Å². The predicted octanol–water partition coefficient (Wildman–Crippen LogP) is 4.42. The van der Waals surface area contributed by atoms with Gasteiger partial charge in [-0.3, -0.25) is 4.79 Å². The largest absolute Gasteiger partial charge is 0.322 e. The number of tetrazole rings is 1. The molecule has 0 spiro atoms. The van der Waals surface area contributed by atoms with Crippen molar-refractivity contribution in [2.45, 2.75) is 23.9 Å². The summed E-state index contributed by atoms with van der Waals surface area (Å²) in [7, 11) is 0. The molecular weight excluding hydrogens is 423 g/mol. The number of aromatic nitrogens is 5. The van der Waals surface area contributed by atoms with E-state index in [1.807, 2.05) is 24.4 Å². The molecule has 0 aliphatic carbocycles. The maximum Gasteiger partial charge on any atom is 0.255 e. The van der Waals surface area contributed by atoms with Crippen molar-refractivity contribution in [2.24, 2.45) is 0 Å². The van der Waals surface area contributed by atoms with Gasteiger partial charge in [-0.25, -0.2) is 9.37 Å². The first-order valence-corrected chi connectivity index (χ1v) is 10.9. The number of nitrogens with one attached hydrogen (secondary N) is 1. The minimum atomic E-state index is -0.485. The molecule has 1 amide bonds. The highest BCUT2D eigenvalue weighted by Gasteiger charge is 2.13. The Balaban J connectivity index is 1.43. The second kappa shape index (κ2) is 8.72. The third-order valence-electron chi connectivity index (χ3n) is 4.23. The van der Waals surface area contributed by atoms with Crippen LogP contribution in [0.15, 0.2) is 52.2 Å². The molecule has 0 atom stereocenters. The number of rotatable bonds is 6. The lowest BCUT2D eigenvalue weighted by molar-refractivity contribution is 0.102. The third kappa shape index (κ3) is 4.55. The molecule has 7 nitrogen and oxygen atoms in total. The van der Waals surface area contributed by atoms with Crippen molar-refractivity contribution in [1.82, 2.24) is 25.2 Å². The van der Waals surface area contributed by atoms with Gasteiger partial charge < -0.3 is 5.32 Å². The molecule has 0 aliphatic rings. The fraction of sp³-hybridized carbons (Fsp3) is 0.150. The smallest absolute Gasteiger partial charge is 0.255 e. The van der Waals surface area contributed by atoms with Gasteiger partial charge in [0.05, 0.1) is 0 Å². The molecule has 0 saturated heterocycles. The minimum Gasteiger partial charge on any atom is -0.322 e. The molecule has 30 heavy (non-hydrogen) atoms. The van der Waals surface area contributed by atoms with Crippen LogP contribution in [-0.4, -0.2) is 31.1 Å². The fourth-order valence-electron chi connectivity index (χ4n) is 2.71. The number of halogens is 1. The molecule has 0 bridgehead atoms. The van der Waals surface area contributed by atoms with E-state index in [1.54, 1.807) is 42.2 Å².